The number of nitriles is 1. The maximum absolute atomic E-state index is 9.74. The molecule has 0 saturated carbocycles. The molecular weight excluding hydrogens is 813 g/mol. The lowest BCUT2D eigenvalue weighted by Gasteiger charge is -2.18. The lowest BCUT2D eigenvalue weighted by atomic mass is 9.86. The van der Waals surface area contributed by atoms with Crippen molar-refractivity contribution in [1.82, 2.24) is 15.0 Å². The fourth-order valence-corrected chi connectivity index (χ4v) is 8.88. The monoisotopic (exact) mass is 863 g/mol. The molecule has 0 radical (unpaired) electrons. The van der Waals surface area contributed by atoms with Crippen molar-refractivity contribution in [2.45, 2.75) is 32.5 Å². The average Bonchev–Trinajstić information content (AvgIpc) is 3.42. The highest BCUT2D eigenvalue weighted by Crippen LogP contribution is 2.41. The van der Waals surface area contributed by atoms with Gasteiger partial charge in [-0.3, -0.25) is 15.0 Å². The maximum atomic E-state index is 9.74. The number of hydrogen-bond acceptors (Lipinski definition) is 4. The quantitative estimate of drug-likeness (QED) is 0.116. The first-order valence-electron chi connectivity index (χ1n) is 24.2. The van der Waals surface area contributed by atoms with Crippen molar-refractivity contribution in [3.8, 4) is 84.3 Å². The van der Waals surface area contributed by atoms with Gasteiger partial charge in [0.2, 0.25) is 0 Å². The van der Waals surface area contributed by atoms with E-state index in [1.54, 1.807) is 0 Å². The predicted octanol–water partition coefficient (Wildman–Crippen LogP) is 15.3. The molecule has 4 heteroatoms. The molecule has 0 spiro atoms. The van der Waals surface area contributed by atoms with Gasteiger partial charge in [-0.2, -0.15) is 5.26 Å². The second-order valence-electron chi connectivity index (χ2n) is 16.8. The highest BCUT2D eigenvalue weighted by molar-refractivity contribution is 5.93. The number of benzene rings is 7. The Balaban J connectivity index is 1.03. The van der Waals surface area contributed by atoms with Crippen LogP contribution in [0.4, 0.5) is 0 Å². The van der Waals surface area contributed by atoms with Crippen LogP contribution in [0.3, 0.4) is 0 Å². The van der Waals surface area contributed by atoms with Crippen LogP contribution in [0.25, 0.3) is 78.3 Å². The van der Waals surface area contributed by atoms with Crippen LogP contribution in [0.5, 0.6) is 0 Å². The van der Waals surface area contributed by atoms with Crippen molar-refractivity contribution in [3.05, 3.63) is 258 Å². The minimum atomic E-state index is -2.34. The SMILES string of the molecule is [2H]C([2H])([2H])c1cnc(-c2ccc(-c3ccccc3-c3cc(CCc4ccc(-c5ccccn5)cc4)cc(CCc4ccc(-c5ccccn5)cc4)c3)c(-c3ccc(C#N)cc3)c2)cc1-c1ccccc1. The molecule has 3 heterocycles. The number of nitrogens with zero attached hydrogens (tertiary/aromatic N) is 4. The zero-order valence-corrected chi connectivity index (χ0v) is 37.0. The summed E-state index contributed by atoms with van der Waals surface area (Å²) in [6.07, 6.45) is 8.67. The molecule has 0 aliphatic rings. The molecule has 10 rings (SSSR count). The normalized spacial score (nSPS) is 11.8. The van der Waals surface area contributed by atoms with Gasteiger partial charge in [0, 0.05) is 39.4 Å². The van der Waals surface area contributed by atoms with Gasteiger partial charge in [-0.15, -0.1) is 0 Å². The zero-order valence-electron chi connectivity index (χ0n) is 40.0. The summed E-state index contributed by atoms with van der Waals surface area (Å²) in [6.45, 7) is -2.34. The van der Waals surface area contributed by atoms with Crippen LogP contribution in [0.1, 0.15) is 37.5 Å². The Morgan fingerprint density at radius 2 is 0.896 bits per heavy atom. The van der Waals surface area contributed by atoms with Crippen molar-refractivity contribution in [2.24, 2.45) is 0 Å². The van der Waals surface area contributed by atoms with E-state index in [-0.39, 0.29) is 5.56 Å². The third kappa shape index (κ3) is 9.78. The van der Waals surface area contributed by atoms with E-state index in [2.05, 4.69) is 125 Å². The van der Waals surface area contributed by atoms with Crippen LogP contribution >= 0.6 is 0 Å². The lowest BCUT2D eigenvalue weighted by Crippen LogP contribution is -1.98. The molecule has 0 N–H and O–H groups in total. The van der Waals surface area contributed by atoms with E-state index in [1.165, 1.54) is 28.5 Å². The Kier molecular flexibility index (Phi) is 11.4. The van der Waals surface area contributed by atoms with Gasteiger partial charge in [-0.05, 0) is 153 Å². The van der Waals surface area contributed by atoms with E-state index >= 15 is 0 Å². The molecule has 0 fully saturated rings. The van der Waals surface area contributed by atoms with Crippen LogP contribution in [-0.2, 0) is 25.7 Å². The minimum absolute atomic E-state index is 0.207. The van der Waals surface area contributed by atoms with Crippen molar-refractivity contribution in [1.29, 1.82) is 5.26 Å². The molecule has 4 nitrogen and oxygen atoms in total. The Bertz CT molecular complexity index is 3330. The summed E-state index contributed by atoms with van der Waals surface area (Å²) >= 11 is 0. The second kappa shape index (κ2) is 19.7. The van der Waals surface area contributed by atoms with E-state index in [9.17, 15) is 5.26 Å². The number of rotatable bonds is 13. The summed E-state index contributed by atoms with van der Waals surface area (Å²) in [4.78, 5) is 13.8. The maximum Gasteiger partial charge on any atom is 0.0991 e. The molecule has 10 aromatic rings. The summed E-state index contributed by atoms with van der Waals surface area (Å²) in [5, 5.41) is 9.74. The molecule has 0 atom stereocenters. The summed E-state index contributed by atoms with van der Waals surface area (Å²) in [7, 11) is 0. The van der Waals surface area contributed by atoms with Crippen LogP contribution in [0, 0.1) is 18.2 Å². The summed E-state index contributed by atoms with van der Waals surface area (Å²) in [5.74, 6) is 0. The molecule has 0 amide bonds. The van der Waals surface area contributed by atoms with E-state index in [1.807, 2.05) is 109 Å². The van der Waals surface area contributed by atoms with Crippen molar-refractivity contribution >= 4 is 0 Å². The number of pyridine rings is 3. The Morgan fingerprint density at radius 3 is 1.48 bits per heavy atom. The highest BCUT2D eigenvalue weighted by Gasteiger charge is 2.17. The number of hydrogen-bond donors (Lipinski definition) is 0. The van der Waals surface area contributed by atoms with Gasteiger partial charge >= 0.3 is 0 Å². The van der Waals surface area contributed by atoms with Gasteiger partial charge in [0.15, 0.2) is 0 Å². The fourth-order valence-electron chi connectivity index (χ4n) is 8.88. The van der Waals surface area contributed by atoms with E-state index < -0.39 is 6.85 Å². The van der Waals surface area contributed by atoms with Crippen LogP contribution < -0.4 is 0 Å². The summed E-state index contributed by atoms with van der Waals surface area (Å²) in [5.41, 5.74) is 19.2. The minimum Gasteiger partial charge on any atom is -0.256 e. The van der Waals surface area contributed by atoms with Gasteiger partial charge in [-0.25, -0.2) is 0 Å². The molecule has 0 aliphatic heterocycles. The molecule has 320 valence electrons. The molecule has 7 aromatic carbocycles. The largest absolute Gasteiger partial charge is 0.256 e. The van der Waals surface area contributed by atoms with Crippen molar-refractivity contribution < 1.29 is 4.11 Å². The first-order chi connectivity index (χ1) is 34.3. The number of aryl methyl sites for hydroxylation is 5. The van der Waals surface area contributed by atoms with Crippen LogP contribution in [0.15, 0.2) is 225 Å². The molecule has 3 aromatic heterocycles. The highest BCUT2D eigenvalue weighted by atomic mass is 14.7. The molecule has 0 bridgehead atoms. The third-order valence-electron chi connectivity index (χ3n) is 12.4. The smallest absolute Gasteiger partial charge is 0.0991 e. The lowest BCUT2D eigenvalue weighted by molar-refractivity contribution is 0.931. The third-order valence-corrected chi connectivity index (χ3v) is 12.4. The predicted molar refractivity (Wildman–Crippen MR) is 275 cm³/mol. The van der Waals surface area contributed by atoms with Crippen molar-refractivity contribution in [2.75, 3.05) is 0 Å². The fraction of sp³-hybridized carbons (Fsp3) is 0.0794. The molecule has 0 saturated heterocycles. The van der Waals surface area contributed by atoms with Crippen LogP contribution in [0.2, 0.25) is 0 Å². The van der Waals surface area contributed by atoms with Crippen molar-refractivity contribution in [3.63, 3.8) is 0 Å². The van der Waals surface area contributed by atoms with E-state index in [0.717, 1.165) is 92.7 Å². The molecular formula is C63H48N4. The summed E-state index contributed by atoms with van der Waals surface area (Å²) < 4.78 is 25.0. The van der Waals surface area contributed by atoms with Crippen LogP contribution in [-0.4, -0.2) is 15.0 Å². The molecule has 0 unspecified atom stereocenters. The Morgan fingerprint density at radius 1 is 0.373 bits per heavy atom. The van der Waals surface area contributed by atoms with Gasteiger partial charge in [0.1, 0.15) is 0 Å². The summed E-state index contributed by atoms with van der Waals surface area (Å²) in [6, 6.07) is 73.0. The van der Waals surface area contributed by atoms with E-state index in [4.69, 9.17) is 9.10 Å². The van der Waals surface area contributed by atoms with Gasteiger partial charge in [0.05, 0.1) is 28.7 Å². The average molecular weight is 864 g/mol. The molecule has 0 aliphatic carbocycles. The molecule has 67 heavy (non-hydrogen) atoms. The van der Waals surface area contributed by atoms with E-state index in [0.29, 0.717) is 16.8 Å². The van der Waals surface area contributed by atoms with Gasteiger partial charge in [0.25, 0.3) is 0 Å². The Labute approximate surface area is 397 Å². The second-order valence-corrected chi connectivity index (χ2v) is 16.8. The standard InChI is InChI=1S/C63H48N4/c1-44-43-67-63(41-59(44)50-11-3-2-4-12-50)54-33-34-58(60(40-54)51-27-25-47(42-64)26-28-51)57-14-6-5-13-56(57)55-38-48(19-17-45-21-29-52(30-22-45)61-15-7-9-35-65-61)37-49(39-55)20-18-46-23-31-53(32-24-46)62-16-8-10-36-66-62/h2-16,21-41,43H,17-20H2,1H3/i1D3. The van der Waals surface area contributed by atoms with Gasteiger partial charge < -0.3 is 0 Å². The van der Waals surface area contributed by atoms with Gasteiger partial charge in [-0.1, -0.05) is 158 Å². The zero-order chi connectivity index (χ0) is 47.9. The first kappa shape index (κ1) is 38.9. The Hall–Kier alpha value is -8.52. The topological polar surface area (TPSA) is 62.5 Å². The first-order valence-corrected chi connectivity index (χ1v) is 22.7. The number of aromatic nitrogens is 3.